The van der Waals surface area contributed by atoms with Gasteiger partial charge in [0, 0.05) is 51.1 Å². The van der Waals surface area contributed by atoms with Gasteiger partial charge in [-0.1, -0.05) is 51.1 Å². The summed E-state index contributed by atoms with van der Waals surface area (Å²) in [5.74, 6) is 0.0999. The normalized spacial score (nSPS) is 16.3. The van der Waals surface area contributed by atoms with Crippen LogP contribution in [-0.2, 0) is 16.1 Å². The zero-order chi connectivity index (χ0) is 19.2. The molecule has 1 aliphatic heterocycles. The summed E-state index contributed by atoms with van der Waals surface area (Å²) < 4.78 is 0. The molecule has 0 bridgehead atoms. The first-order chi connectivity index (χ1) is 12.3. The standard InChI is InChI=1S/C21H33N3O2/c1-21(2,3)20(26)22-13-10-19(25)23(4)18-11-14-24(15-12-18)16-17-8-6-5-7-9-17/h5-9,18H,10-16H2,1-4H3,(H,22,26). The summed E-state index contributed by atoms with van der Waals surface area (Å²) in [6.07, 6.45) is 2.37. The van der Waals surface area contributed by atoms with Gasteiger partial charge in [0.15, 0.2) is 0 Å². The maximum absolute atomic E-state index is 12.4. The number of nitrogens with zero attached hydrogens (tertiary/aromatic N) is 2. The van der Waals surface area contributed by atoms with Crippen LogP contribution in [0.4, 0.5) is 0 Å². The largest absolute Gasteiger partial charge is 0.355 e. The van der Waals surface area contributed by atoms with Crippen molar-refractivity contribution in [2.24, 2.45) is 5.41 Å². The second kappa shape index (κ2) is 9.17. The summed E-state index contributed by atoms with van der Waals surface area (Å²) in [4.78, 5) is 28.6. The van der Waals surface area contributed by atoms with Crippen LogP contribution in [0.15, 0.2) is 30.3 Å². The van der Waals surface area contributed by atoms with Crippen molar-refractivity contribution >= 4 is 11.8 Å². The minimum Gasteiger partial charge on any atom is -0.355 e. The van der Waals surface area contributed by atoms with Crippen molar-refractivity contribution < 1.29 is 9.59 Å². The highest BCUT2D eigenvalue weighted by molar-refractivity contribution is 5.82. The van der Waals surface area contributed by atoms with Crippen molar-refractivity contribution in [1.29, 1.82) is 0 Å². The molecule has 2 amide bonds. The molecular formula is C21H33N3O2. The number of likely N-dealkylation sites (tertiary alicyclic amines) is 1. The molecule has 0 aliphatic carbocycles. The highest BCUT2D eigenvalue weighted by Gasteiger charge is 2.26. The lowest BCUT2D eigenvalue weighted by Crippen LogP contribution is -2.46. The Hall–Kier alpha value is -1.88. The molecule has 1 aromatic carbocycles. The molecule has 1 fully saturated rings. The van der Waals surface area contributed by atoms with Crippen LogP contribution >= 0.6 is 0 Å². The number of amides is 2. The zero-order valence-corrected chi connectivity index (χ0v) is 16.6. The first-order valence-electron chi connectivity index (χ1n) is 9.57. The quantitative estimate of drug-likeness (QED) is 0.850. The Morgan fingerprint density at radius 1 is 1.15 bits per heavy atom. The number of hydrogen-bond acceptors (Lipinski definition) is 3. The highest BCUT2D eigenvalue weighted by atomic mass is 16.2. The van der Waals surface area contributed by atoms with E-state index in [9.17, 15) is 9.59 Å². The van der Waals surface area contributed by atoms with Gasteiger partial charge in [0.1, 0.15) is 0 Å². The van der Waals surface area contributed by atoms with Gasteiger partial charge < -0.3 is 10.2 Å². The van der Waals surface area contributed by atoms with E-state index in [0.29, 0.717) is 19.0 Å². The van der Waals surface area contributed by atoms with Crippen molar-refractivity contribution in [1.82, 2.24) is 15.1 Å². The molecular weight excluding hydrogens is 326 g/mol. The fourth-order valence-corrected chi connectivity index (χ4v) is 3.23. The van der Waals surface area contributed by atoms with Gasteiger partial charge in [0.05, 0.1) is 0 Å². The molecule has 0 unspecified atom stereocenters. The summed E-state index contributed by atoms with van der Waals surface area (Å²) in [6, 6.07) is 10.8. The number of rotatable bonds is 6. The molecule has 0 aromatic heterocycles. The minimum absolute atomic E-state index is 0.0119. The Labute approximate surface area is 157 Å². The minimum atomic E-state index is -0.416. The lowest BCUT2D eigenvalue weighted by Gasteiger charge is -2.37. The van der Waals surface area contributed by atoms with Crippen LogP contribution in [0.1, 0.15) is 45.6 Å². The molecule has 5 heteroatoms. The zero-order valence-electron chi connectivity index (χ0n) is 16.6. The molecule has 26 heavy (non-hydrogen) atoms. The molecule has 1 aromatic rings. The van der Waals surface area contributed by atoms with Crippen LogP contribution < -0.4 is 5.32 Å². The van der Waals surface area contributed by atoms with Crippen LogP contribution in [0.3, 0.4) is 0 Å². The molecule has 144 valence electrons. The molecule has 0 atom stereocenters. The van der Waals surface area contributed by atoms with Gasteiger partial charge in [-0.25, -0.2) is 0 Å². The lowest BCUT2D eigenvalue weighted by atomic mass is 9.96. The van der Waals surface area contributed by atoms with Crippen molar-refractivity contribution in [3.05, 3.63) is 35.9 Å². The van der Waals surface area contributed by atoms with Crippen LogP contribution in [0.25, 0.3) is 0 Å². The van der Waals surface area contributed by atoms with E-state index in [1.165, 1.54) is 5.56 Å². The van der Waals surface area contributed by atoms with E-state index >= 15 is 0 Å². The monoisotopic (exact) mass is 359 g/mol. The molecule has 1 N–H and O–H groups in total. The van der Waals surface area contributed by atoms with Gasteiger partial charge in [0.25, 0.3) is 0 Å². The van der Waals surface area contributed by atoms with Crippen molar-refractivity contribution in [3.8, 4) is 0 Å². The highest BCUT2D eigenvalue weighted by Crippen LogP contribution is 2.18. The Morgan fingerprint density at radius 3 is 2.35 bits per heavy atom. The predicted molar refractivity (Wildman–Crippen MR) is 105 cm³/mol. The van der Waals surface area contributed by atoms with E-state index in [1.807, 2.05) is 38.8 Å². The lowest BCUT2D eigenvalue weighted by molar-refractivity contribution is -0.133. The van der Waals surface area contributed by atoms with Gasteiger partial charge in [-0.15, -0.1) is 0 Å². The number of benzene rings is 1. The summed E-state index contributed by atoms with van der Waals surface area (Å²) in [5.41, 5.74) is 0.922. The number of piperidine rings is 1. The van der Waals surface area contributed by atoms with Gasteiger partial charge in [-0.3, -0.25) is 14.5 Å². The van der Waals surface area contributed by atoms with Crippen molar-refractivity contribution in [2.45, 2.75) is 52.6 Å². The van der Waals surface area contributed by atoms with E-state index in [4.69, 9.17) is 0 Å². The average molecular weight is 360 g/mol. The fourth-order valence-electron chi connectivity index (χ4n) is 3.23. The second-order valence-electron chi connectivity index (χ2n) is 8.25. The number of nitrogens with one attached hydrogen (secondary N) is 1. The van der Waals surface area contributed by atoms with Crippen molar-refractivity contribution in [3.63, 3.8) is 0 Å². The molecule has 2 rings (SSSR count). The number of carbonyl (C=O) groups is 2. The first-order valence-corrected chi connectivity index (χ1v) is 9.57. The summed E-state index contributed by atoms with van der Waals surface area (Å²) in [7, 11) is 1.89. The SMILES string of the molecule is CN(C(=O)CCNC(=O)C(C)(C)C)C1CCN(Cc2ccccc2)CC1. The average Bonchev–Trinajstić information content (AvgIpc) is 2.61. The third kappa shape index (κ3) is 6.13. The maximum atomic E-state index is 12.4. The first kappa shape index (κ1) is 20.4. The fraction of sp³-hybridized carbons (Fsp3) is 0.619. The van der Waals surface area contributed by atoms with E-state index in [-0.39, 0.29) is 11.8 Å². The Morgan fingerprint density at radius 2 is 1.77 bits per heavy atom. The van der Waals surface area contributed by atoms with E-state index in [0.717, 1.165) is 32.5 Å². The van der Waals surface area contributed by atoms with Gasteiger partial charge in [0.2, 0.25) is 11.8 Å². The number of carbonyl (C=O) groups excluding carboxylic acids is 2. The van der Waals surface area contributed by atoms with Gasteiger partial charge in [-0.2, -0.15) is 0 Å². The molecule has 0 radical (unpaired) electrons. The maximum Gasteiger partial charge on any atom is 0.225 e. The molecule has 5 nitrogen and oxygen atoms in total. The Balaban J connectivity index is 1.71. The molecule has 0 spiro atoms. The topological polar surface area (TPSA) is 52.7 Å². The Kier molecular flexibility index (Phi) is 7.21. The van der Waals surface area contributed by atoms with Gasteiger partial charge in [-0.05, 0) is 18.4 Å². The van der Waals surface area contributed by atoms with E-state index in [2.05, 4.69) is 34.5 Å². The Bertz CT molecular complexity index is 587. The van der Waals surface area contributed by atoms with E-state index < -0.39 is 5.41 Å². The van der Waals surface area contributed by atoms with Crippen LogP contribution in [0.5, 0.6) is 0 Å². The van der Waals surface area contributed by atoms with Gasteiger partial charge >= 0.3 is 0 Å². The summed E-state index contributed by atoms with van der Waals surface area (Å²) in [6.45, 7) is 9.03. The summed E-state index contributed by atoms with van der Waals surface area (Å²) >= 11 is 0. The molecule has 0 saturated carbocycles. The van der Waals surface area contributed by atoms with Crippen LogP contribution in [0.2, 0.25) is 0 Å². The van der Waals surface area contributed by atoms with Crippen molar-refractivity contribution in [2.75, 3.05) is 26.7 Å². The van der Waals surface area contributed by atoms with E-state index in [1.54, 1.807) is 0 Å². The predicted octanol–water partition coefficient (Wildman–Crippen LogP) is 2.66. The third-order valence-corrected chi connectivity index (χ3v) is 5.05. The number of hydrogen-bond donors (Lipinski definition) is 1. The smallest absolute Gasteiger partial charge is 0.225 e. The third-order valence-electron chi connectivity index (χ3n) is 5.05. The molecule has 1 saturated heterocycles. The van der Waals surface area contributed by atoms with Crippen LogP contribution in [0, 0.1) is 5.41 Å². The molecule has 1 heterocycles. The second-order valence-corrected chi connectivity index (χ2v) is 8.25. The summed E-state index contributed by atoms with van der Waals surface area (Å²) in [5, 5.41) is 2.85. The molecule has 1 aliphatic rings. The van der Waals surface area contributed by atoms with Crippen LogP contribution in [-0.4, -0.2) is 54.3 Å².